The Bertz CT molecular complexity index is 354. The Kier molecular flexibility index (Phi) is 3.38. The summed E-state index contributed by atoms with van der Waals surface area (Å²) in [6, 6.07) is 0.511. The van der Waals surface area contributed by atoms with Crippen LogP contribution in [0.5, 0.6) is 0 Å². The van der Waals surface area contributed by atoms with Gasteiger partial charge in [0.05, 0.1) is 12.5 Å². The molecule has 94 valence electrons. The van der Waals surface area contributed by atoms with Crippen LogP contribution in [0.25, 0.3) is 0 Å². The minimum Gasteiger partial charge on any atom is -0.425 e. The molecule has 0 amide bonds. The fraction of sp³-hybridized carbons (Fsp3) is 0.833. The van der Waals surface area contributed by atoms with Crippen LogP contribution in [0.3, 0.4) is 0 Å². The van der Waals surface area contributed by atoms with Crippen molar-refractivity contribution in [2.45, 2.75) is 44.1 Å². The maximum absolute atomic E-state index is 5.73. The summed E-state index contributed by atoms with van der Waals surface area (Å²) in [6.45, 7) is 2.65. The van der Waals surface area contributed by atoms with Gasteiger partial charge in [-0.25, -0.2) is 0 Å². The van der Waals surface area contributed by atoms with Crippen LogP contribution in [0.1, 0.15) is 43.4 Å². The topological polar surface area (TPSA) is 60.2 Å². The van der Waals surface area contributed by atoms with Crippen LogP contribution in [0, 0.1) is 0 Å². The van der Waals surface area contributed by atoms with E-state index < -0.39 is 0 Å². The molecule has 2 unspecified atom stereocenters. The highest BCUT2D eigenvalue weighted by atomic mass is 16.5. The van der Waals surface area contributed by atoms with Gasteiger partial charge >= 0.3 is 0 Å². The number of aromatic nitrogens is 2. The van der Waals surface area contributed by atoms with Gasteiger partial charge in [0.15, 0.2) is 0 Å². The minimum absolute atomic E-state index is 0.315. The molecule has 1 aromatic heterocycles. The van der Waals surface area contributed by atoms with Gasteiger partial charge in [-0.15, -0.1) is 10.2 Å². The van der Waals surface area contributed by atoms with Gasteiger partial charge in [0.2, 0.25) is 11.8 Å². The van der Waals surface area contributed by atoms with E-state index in [0.717, 1.165) is 44.4 Å². The van der Waals surface area contributed by atoms with Crippen LogP contribution >= 0.6 is 0 Å². The monoisotopic (exact) mass is 237 g/mol. The van der Waals surface area contributed by atoms with Crippen molar-refractivity contribution >= 4 is 0 Å². The third kappa shape index (κ3) is 2.66. The molecule has 0 aromatic carbocycles. The molecule has 3 rings (SSSR count). The Hall–Kier alpha value is -0.940. The number of nitrogens with zero attached hydrogens (tertiary/aromatic N) is 2. The van der Waals surface area contributed by atoms with Crippen molar-refractivity contribution < 1.29 is 9.15 Å². The molecule has 17 heavy (non-hydrogen) atoms. The van der Waals surface area contributed by atoms with E-state index in [-0.39, 0.29) is 0 Å². The van der Waals surface area contributed by atoms with E-state index in [1.165, 1.54) is 19.3 Å². The van der Waals surface area contributed by atoms with Gasteiger partial charge in [0, 0.05) is 19.1 Å². The molecule has 5 nitrogen and oxygen atoms in total. The van der Waals surface area contributed by atoms with Crippen LogP contribution in [-0.2, 0) is 11.2 Å². The lowest BCUT2D eigenvalue weighted by Crippen LogP contribution is -2.35. The molecule has 0 aliphatic carbocycles. The standard InChI is InChI=1S/C12H19N3O2/c1-2-5-13-10(3-1)7-11-14-15-12(17-11)9-4-6-16-8-9/h9-10,13H,1-8H2. The average Bonchev–Trinajstić information content (AvgIpc) is 3.00. The van der Waals surface area contributed by atoms with Crippen molar-refractivity contribution in [1.29, 1.82) is 0 Å². The van der Waals surface area contributed by atoms with Crippen molar-refractivity contribution in [3.8, 4) is 0 Å². The largest absolute Gasteiger partial charge is 0.425 e. The Morgan fingerprint density at radius 3 is 3.00 bits per heavy atom. The zero-order valence-corrected chi connectivity index (χ0v) is 10.0. The van der Waals surface area contributed by atoms with E-state index in [4.69, 9.17) is 9.15 Å². The van der Waals surface area contributed by atoms with E-state index in [9.17, 15) is 0 Å². The Morgan fingerprint density at radius 2 is 2.24 bits per heavy atom. The first-order chi connectivity index (χ1) is 8.42. The summed E-state index contributed by atoms with van der Waals surface area (Å²) in [5, 5.41) is 11.8. The SMILES string of the molecule is C1CCC(Cc2nnc(C3CCOC3)o2)NC1. The van der Waals surface area contributed by atoms with E-state index in [1.54, 1.807) is 0 Å². The molecule has 2 aliphatic rings. The van der Waals surface area contributed by atoms with Gasteiger partial charge in [-0.2, -0.15) is 0 Å². The summed E-state index contributed by atoms with van der Waals surface area (Å²) < 4.78 is 11.1. The molecule has 2 saturated heterocycles. The molecule has 0 radical (unpaired) electrons. The van der Waals surface area contributed by atoms with Crippen molar-refractivity contribution in [1.82, 2.24) is 15.5 Å². The minimum atomic E-state index is 0.315. The van der Waals surface area contributed by atoms with Crippen molar-refractivity contribution in [2.24, 2.45) is 0 Å². The van der Waals surface area contributed by atoms with Crippen LogP contribution in [0.2, 0.25) is 0 Å². The Morgan fingerprint density at radius 1 is 1.24 bits per heavy atom. The van der Waals surface area contributed by atoms with Gasteiger partial charge in [0.25, 0.3) is 0 Å². The van der Waals surface area contributed by atoms with Gasteiger partial charge in [-0.3, -0.25) is 0 Å². The van der Waals surface area contributed by atoms with Gasteiger partial charge in [-0.1, -0.05) is 6.42 Å². The van der Waals surface area contributed by atoms with Crippen LogP contribution in [-0.4, -0.2) is 36.0 Å². The summed E-state index contributed by atoms with van der Waals surface area (Å²) in [4.78, 5) is 0. The maximum atomic E-state index is 5.73. The van der Waals surface area contributed by atoms with Gasteiger partial charge in [-0.05, 0) is 25.8 Å². The number of rotatable bonds is 3. The number of piperidine rings is 1. The zero-order chi connectivity index (χ0) is 11.5. The fourth-order valence-corrected chi connectivity index (χ4v) is 2.55. The predicted octanol–water partition coefficient (Wildman–Crippen LogP) is 1.26. The Labute approximate surface area is 101 Å². The fourth-order valence-electron chi connectivity index (χ4n) is 2.55. The third-order valence-electron chi connectivity index (χ3n) is 3.59. The van der Waals surface area contributed by atoms with Gasteiger partial charge in [0.1, 0.15) is 0 Å². The first kappa shape index (κ1) is 11.2. The van der Waals surface area contributed by atoms with Crippen molar-refractivity contribution in [2.75, 3.05) is 19.8 Å². The van der Waals surface area contributed by atoms with Crippen LogP contribution in [0.15, 0.2) is 4.42 Å². The number of ether oxygens (including phenoxy) is 1. The van der Waals surface area contributed by atoms with E-state index in [2.05, 4.69) is 15.5 Å². The quantitative estimate of drug-likeness (QED) is 0.857. The molecule has 2 aliphatic heterocycles. The molecule has 0 bridgehead atoms. The van der Waals surface area contributed by atoms with E-state index in [0.29, 0.717) is 12.0 Å². The lowest BCUT2D eigenvalue weighted by Gasteiger charge is -2.21. The number of nitrogens with one attached hydrogen (secondary N) is 1. The summed E-state index contributed by atoms with van der Waals surface area (Å²) >= 11 is 0. The molecule has 3 heterocycles. The highest BCUT2D eigenvalue weighted by Gasteiger charge is 2.24. The molecule has 2 fully saturated rings. The van der Waals surface area contributed by atoms with Gasteiger partial charge < -0.3 is 14.5 Å². The zero-order valence-electron chi connectivity index (χ0n) is 10.0. The Balaban J connectivity index is 1.59. The average molecular weight is 237 g/mol. The molecule has 5 heteroatoms. The van der Waals surface area contributed by atoms with Crippen LogP contribution in [0.4, 0.5) is 0 Å². The molecular weight excluding hydrogens is 218 g/mol. The molecular formula is C12H19N3O2. The lowest BCUT2D eigenvalue weighted by molar-refractivity contribution is 0.190. The second-order valence-electron chi connectivity index (χ2n) is 4.95. The second kappa shape index (κ2) is 5.14. The molecule has 2 atom stereocenters. The second-order valence-corrected chi connectivity index (χ2v) is 4.95. The summed E-state index contributed by atoms with van der Waals surface area (Å²) in [5.74, 6) is 1.84. The molecule has 1 N–H and O–H groups in total. The summed E-state index contributed by atoms with van der Waals surface area (Å²) in [5.41, 5.74) is 0. The molecule has 0 spiro atoms. The van der Waals surface area contributed by atoms with Crippen molar-refractivity contribution in [3.05, 3.63) is 11.8 Å². The first-order valence-electron chi connectivity index (χ1n) is 6.55. The normalized spacial score (nSPS) is 29.6. The molecule has 1 aromatic rings. The number of hydrogen-bond acceptors (Lipinski definition) is 5. The van der Waals surface area contributed by atoms with Crippen LogP contribution < -0.4 is 5.32 Å². The third-order valence-corrected chi connectivity index (χ3v) is 3.59. The van der Waals surface area contributed by atoms with Crippen molar-refractivity contribution in [3.63, 3.8) is 0 Å². The lowest BCUT2D eigenvalue weighted by atomic mass is 10.0. The van der Waals surface area contributed by atoms with E-state index in [1.807, 2.05) is 0 Å². The summed E-state index contributed by atoms with van der Waals surface area (Å²) in [7, 11) is 0. The predicted molar refractivity (Wildman–Crippen MR) is 61.8 cm³/mol. The maximum Gasteiger partial charge on any atom is 0.222 e. The first-order valence-corrected chi connectivity index (χ1v) is 6.55. The molecule has 0 saturated carbocycles. The summed E-state index contributed by atoms with van der Waals surface area (Å²) in [6.07, 6.45) is 5.66. The highest BCUT2D eigenvalue weighted by molar-refractivity contribution is 4.95. The smallest absolute Gasteiger partial charge is 0.222 e. The number of hydrogen-bond donors (Lipinski definition) is 1. The highest BCUT2D eigenvalue weighted by Crippen LogP contribution is 2.24. The van der Waals surface area contributed by atoms with E-state index >= 15 is 0 Å².